The molecule has 0 aliphatic heterocycles. The van der Waals surface area contributed by atoms with Crippen molar-refractivity contribution >= 4 is 11.5 Å². The topological polar surface area (TPSA) is 60.2 Å². The van der Waals surface area contributed by atoms with Crippen molar-refractivity contribution in [3.63, 3.8) is 0 Å². The molecule has 96 valence electrons. The Kier molecular flexibility index (Phi) is 3.37. The minimum absolute atomic E-state index is 0.133. The van der Waals surface area contributed by atoms with E-state index in [1.807, 2.05) is 0 Å². The predicted molar refractivity (Wildman–Crippen MR) is 67.7 cm³/mol. The summed E-state index contributed by atoms with van der Waals surface area (Å²) in [4.78, 5) is 22.1. The summed E-state index contributed by atoms with van der Waals surface area (Å²) < 4.78 is 14.0. The van der Waals surface area contributed by atoms with Crippen LogP contribution in [0.5, 0.6) is 0 Å². The van der Waals surface area contributed by atoms with Crippen LogP contribution >= 0.6 is 0 Å². The van der Waals surface area contributed by atoms with E-state index < -0.39 is 16.5 Å². The Morgan fingerprint density at radius 2 is 1.79 bits per heavy atom. The average Bonchev–Trinajstić information content (AvgIpc) is 2.41. The summed E-state index contributed by atoms with van der Waals surface area (Å²) >= 11 is 0. The maximum Gasteiger partial charge on any atom is 0.275 e. The van der Waals surface area contributed by atoms with Crippen molar-refractivity contribution < 1.29 is 14.1 Å². The van der Waals surface area contributed by atoms with E-state index in [-0.39, 0.29) is 16.8 Å². The van der Waals surface area contributed by atoms with Gasteiger partial charge in [0.15, 0.2) is 5.78 Å². The quantitative estimate of drug-likeness (QED) is 0.483. The molecule has 0 aliphatic rings. The number of benzene rings is 2. The van der Waals surface area contributed by atoms with Gasteiger partial charge in [0.1, 0.15) is 5.82 Å². The lowest BCUT2D eigenvalue weighted by Crippen LogP contribution is -2.07. The van der Waals surface area contributed by atoms with Crippen LogP contribution in [0.1, 0.15) is 21.5 Å². The summed E-state index contributed by atoms with van der Waals surface area (Å²) in [7, 11) is 0. The molecule has 0 saturated heterocycles. The van der Waals surface area contributed by atoms with Gasteiger partial charge < -0.3 is 0 Å². The van der Waals surface area contributed by atoms with Gasteiger partial charge in [-0.3, -0.25) is 14.9 Å². The van der Waals surface area contributed by atoms with E-state index in [1.54, 1.807) is 30.3 Å². The molecular weight excluding hydrogens is 249 g/mol. The van der Waals surface area contributed by atoms with Crippen LogP contribution in [-0.2, 0) is 0 Å². The number of carbonyl (C=O) groups excluding carboxylic acids is 1. The van der Waals surface area contributed by atoms with Gasteiger partial charge in [-0.05, 0) is 13.0 Å². The number of nitro groups is 1. The molecular formula is C14H10FNO3. The summed E-state index contributed by atoms with van der Waals surface area (Å²) in [5.74, 6) is -1.33. The van der Waals surface area contributed by atoms with Gasteiger partial charge in [-0.25, -0.2) is 4.39 Å². The van der Waals surface area contributed by atoms with E-state index in [1.165, 1.54) is 6.92 Å². The van der Waals surface area contributed by atoms with Gasteiger partial charge in [0, 0.05) is 11.6 Å². The van der Waals surface area contributed by atoms with E-state index in [9.17, 15) is 19.3 Å². The number of ketones is 1. The molecule has 0 aliphatic carbocycles. The van der Waals surface area contributed by atoms with E-state index in [2.05, 4.69) is 0 Å². The Labute approximate surface area is 108 Å². The lowest BCUT2D eigenvalue weighted by atomic mass is 10.00. The van der Waals surface area contributed by atoms with Crippen molar-refractivity contribution in [2.75, 3.05) is 0 Å². The monoisotopic (exact) mass is 259 g/mol. The molecule has 0 bridgehead atoms. The van der Waals surface area contributed by atoms with Gasteiger partial charge in [-0.15, -0.1) is 0 Å². The van der Waals surface area contributed by atoms with Gasteiger partial charge in [0.05, 0.1) is 16.1 Å². The number of nitro benzene ring substituents is 1. The van der Waals surface area contributed by atoms with E-state index in [0.29, 0.717) is 5.56 Å². The summed E-state index contributed by atoms with van der Waals surface area (Å²) in [5.41, 5.74) is -0.280. The first kappa shape index (κ1) is 12.9. The van der Waals surface area contributed by atoms with Crippen LogP contribution in [0.15, 0.2) is 42.5 Å². The zero-order valence-electron chi connectivity index (χ0n) is 10.1. The predicted octanol–water partition coefficient (Wildman–Crippen LogP) is 3.27. The molecule has 0 N–H and O–H groups in total. The SMILES string of the molecule is Cc1c([N+](=O)[O-])ccc(C(=O)c2ccccc2)c1F. The van der Waals surface area contributed by atoms with E-state index in [0.717, 1.165) is 12.1 Å². The minimum Gasteiger partial charge on any atom is -0.288 e. The molecule has 2 aromatic carbocycles. The Hall–Kier alpha value is -2.56. The van der Waals surface area contributed by atoms with Crippen molar-refractivity contribution in [3.8, 4) is 0 Å². The van der Waals surface area contributed by atoms with Crippen molar-refractivity contribution in [2.24, 2.45) is 0 Å². The van der Waals surface area contributed by atoms with Crippen LogP contribution in [0.2, 0.25) is 0 Å². The fourth-order valence-electron chi connectivity index (χ4n) is 1.79. The molecule has 0 aromatic heterocycles. The number of halogens is 1. The molecule has 0 amide bonds. The fraction of sp³-hybridized carbons (Fsp3) is 0.0714. The summed E-state index contributed by atoms with van der Waals surface area (Å²) in [5, 5.41) is 10.7. The van der Waals surface area contributed by atoms with Gasteiger partial charge in [0.25, 0.3) is 5.69 Å². The number of rotatable bonds is 3. The Morgan fingerprint density at radius 1 is 1.16 bits per heavy atom. The van der Waals surface area contributed by atoms with Crippen LogP contribution in [-0.4, -0.2) is 10.7 Å². The number of hydrogen-bond acceptors (Lipinski definition) is 3. The van der Waals surface area contributed by atoms with Gasteiger partial charge in [-0.1, -0.05) is 30.3 Å². The third-order valence-corrected chi connectivity index (χ3v) is 2.84. The highest BCUT2D eigenvalue weighted by Crippen LogP contribution is 2.24. The highest BCUT2D eigenvalue weighted by Gasteiger charge is 2.21. The zero-order valence-corrected chi connectivity index (χ0v) is 10.1. The Morgan fingerprint density at radius 3 is 2.37 bits per heavy atom. The minimum atomic E-state index is -0.844. The lowest BCUT2D eigenvalue weighted by molar-refractivity contribution is -0.385. The standard InChI is InChI=1S/C14H10FNO3/c1-9-12(16(18)19)8-7-11(13(9)15)14(17)10-5-3-2-4-6-10/h2-8H,1H3. The lowest BCUT2D eigenvalue weighted by Gasteiger charge is -2.05. The highest BCUT2D eigenvalue weighted by atomic mass is 19.1. The van der Waals surface area contributed by atoms with Crippen LogP contribution in [0.25, 0.3) is 0 Å². The normalized spacial score (nSPS) is 10.2. The van der Waals surface area contributed by atoms with Gasteiger partial charge in [-0.2, -0.15) is 0 Å². The maximum atomic E-state index is 14.0. The fourth-order valence-corrected chi connectivity index (χ4v) is 1.79. The van der Waals surface area contributed by atoms with Crippen LogP contribution < -0.4 is 0 Å². The molecule has 5 heteroatoms. The van der Waals surface area contributed by atoms with Crippen molar-refractivity contribution in [3.05, 3.63) is 75.1 Å². The third-order valence-electron chi connectivity index (χ3n) is 2.84. The first-order valence-electron chi connectivity index (χ1n) is 5.55. The second-order valence-corrected chi connectivity index (χ2v) is 4.02. The smallest absolute Gasteiger partial charge is 0.275 e. The van der Waals surface area contributed by atoms with Crippen LogP contribution in [0.3, 0.4) is 0 Å². The molecule has 0 unspecified atom stereocenters. The van der Waals surface area contributed by atoms with E-state index in [4.69, 9.17) is 0 Å². The van der Waals surface area contributed by atoms with Crippen molar-refractivity contribution in [1.29, 1.82) is 0 Å². The molecule has 0 heterocycles. The molecule has 2 aromatic rings. The average molecular weight is 259 g/mol. The molecule has 19 heavy (non-hydrogen) atoms. The molecule has 4 nitrogen and oxygen atoms in total. The number of carbonyl (C=O) groups is 1. The first-order chi connectivity index (χ1) is 9.02. The second-order valence-electron chi connectivity index (χ2n) is 4.02. The first-order valence-corrected chi connectivity index (χ1v) is 5.55. The second kappa shape index (κ2) is 4.97. The molecule has 0 fully saturated rings. The summed E-state index contributed by atoms with van der Waals surface area (Å²) in [6, 6.07) is 10.5. The summed E-state index contributed by atoms with van der Waals surface area (Å²) in [6.45, 7) is 1.29. The van der Waals surface area contributed by atoms with Crippen molar-refractivity contribution in [2.45, 2.75) is 6.92 Å². The molecule has 0 spiro atoms. The Balaban J connectivity index is 2.51. The summed E-state index contributed by atoms with van der Waals surface area (Å²) in [6.07, 6.45) is 0. The van der Waals surface area contributed by atoms with Crippen molar-refractivity contribution in [1.82, 2.24) is 0 Å². The maximum absolute atomic E-state index is 14.0. The Bertz CT molecular complexity index is 653. The van der Waals surface area contributed by atoms with Gasteiger partial charge >= 0.3 is 0 Å². The third kappa shape index (κ3) is 2.35. The molecule has 0 radical (unpaired) electrons. The van der Waals surface area contributed by atoms with Crippen LogP contribution in [0.4, 0.5) is 10.1 Å². The number of hydrogen-bond donors (Lipinski definition) is 0. The molecule has 0 saturated carbocycles. The van der Waals surface area contributed by atoms with E-state index >= 15 is 0 Å². The highest BCUT2D eigenvalue weighted by molar-refractivity contribution is 6.09. The molecule has 2 rings (SSSR count). The molecule has 0 atom stereocenters. The largest absolute Gasteiger partial charge is 0.288 e. The van der Waals surface area contributed by atoms with Gasteiger partial charge in [0.2, 0.25) is 0 Å². The zero-order chi connectivity index (χ0) is 14.0. The number of nitrogens with zero attached hydrogens (tertiary/aromatic N) is 1. The van der Waals surface area contributed by atoms with Crippen LogP contribution in [0, 0.1) is 22.9 Å².